The van der Waals surface area contributed by atoms with Crippen molar-refractivity contribution >= 4 is 34.3 Å². The summed E-state index contributed by atoms with van der Waals surface area (Å²) in [7, 11) is 3.43. The Hall–Kier alpha value is -4.87. The molecule has 0 radical (unpaired) electrons. The molecule has 1 saturated carbocycles. The molecule has 2 N–H and O–H groups in total. The van der Waals surface area contributed by atoms with Crippen molar-refractivity contribution in [2.45, 2.75) is 44.8 Å². The second-order valence-corrected chi connectivity index (χ2v) is 11.0. The molecule has 2 heterocycles. The smallest absolute Gasteiger partial charge is 0.408 e. The maximum atomic E-state index is 12.3. The first-order valence-corrected chi connectivity index (χ1v) is 13.1. The van der Waals surface area contributed by atoms with Gasteiger partial charge in [0.2, 0.25) is 11.7 Å². The average Bonchev–Trinajstić information content (AvgIpc) is 3.59. The number of aryl methyl sites for hydroxylation is 1. The standard InChI is InChI=1S/C29H32N6O6/c1-28(2,3)41-27(36)33-29(11-12-29)17-40-25-15-24(39-5)21(14-23(25)35(37)38)32-26-30-13-10-20(31-26)19-16-34(4)22-9-7-6-8-18(19)22/h6-10,13-16H,11-12,17H2,1-5H3,(H,33,36)(H,30,31,32). The number of nitrogens with zero attached hydrogens (tertiary/aromatic N) is 4. The predicted octanol–water partition coefficient (Wildman–Crippen LogP) is 5.73. The fraction of sp³-hybridized carbons (Fsp3) is 0.345. The molecule has 4 aromatic rings. The molecule has 5 rings (SSSR count). The summed E-state index contributed by atoms with van der Waals surface area (Å²) >= 11 is 0. The highest BCUT2D eigenvalue weighted by Gasteiger charge is 2.46. The number of ether oxygens (including phenoxy) is 3. The number of amides is 1. The van der Waals surface area contributed by atoms with Gasteiger partial charge in [-0.1, -0.05) is 18.2 Å². The fourth-order valence-electron chi connectivity index (χ4n) is 4.50. The first-order valence-electron chi connectivity index (χ1n) is 13.1. The zero-order valence-electron chi connectivity index (χ0n) is 23.6. The maximum absolute atomic E-state index is 12.3. The van der Waals surface area contributed by atoms with Crippen LogP contribution in [0.25, 0.3) is 22.2 Å². The number of hydrogen-bond donors (Lipinski definition) is 2. The number of hydrogen-bond acceptors (Lipinski definition) is 9. The topological polar surface area (TPSA) is 143 Å². The Morgan fingerprint density at radius 1 is 1.17 bits per heavy atom. The van der Waals surface area contributed by atoms with E-state index in [4.69, 9.17) is 14.2 Å². The number of nitro benzene ring substituents is 1. The van der Waals surface area contributed by atoms with Crippen molar-refractivity contribution in [3.05, 3.63) is 65.0 Å². The van der Waals surface area contributed by atoms with Crippen LogP contribution in [0.5, 0.6) is 11.5 Å². The van der Waals surface area contributed by atoms with Crippen molar-refractivity contribution in [3.63, 3.8) is 0 Å². The zero-order chi connectivity index (χ0) is 29.4. The summed E-state index contributed by atoms with van der Waals surface area (Å²) in [5.41, 5.74) is 1.44. The Morgan fingerprint density at radius 3 is 2.61 bits per heavy atom. The van der Waals surface area contributed by atoms with E-state index in [-0.39, 0.29) is 24.0 Å². The quantitative estimate of drug-likeness (QED) is 0.194. The highest BCUT2D eigenvalue weighted by molar-refractivity contribution is 5.95. The number of carbonyl (C=O) groups is 1. The van der Waals surface area contributed by atoms with Crippen molar-refractivity contribution in [2.24, 2.45) is 7.05 Å². The van der Waals surface area contributed by atoms with E-state index in [9.17, 15) is 14.9 Å². The van der Waals surface area contributed by atoms with Gasteiger partial charge in [0, 0.05) is 48.0 Å². The van der Waals surface area contributed by atoms with E-state index in [1.807, 2.05) is 48.1 Å². The summed E-state index contributed by atoms with van der Waals surface area (Å²) in [5, 5.41) is 18.9. The summed E-state index contributed by atoms with van der Waals surface area (Å²) < 4.78 is 18.8. The first kappa shape index (κ1) is 27.7. The lowest BCUT2D eigenvalue weighted by molar-refractivity contribution is -0.385. The lowest BCUT2D eigenvalue weighted by Crippen LogP contribution is -2.44. The van der Waals surface area contributed by atoms with E-state index < -0.39 is 22.2 Å². The third-order valence-corrected chi connectivity index (χ3v) is 6.68. The van der Waals surface area contributed by atoms with E-state index in [2.05, 4.69) is 20.6 Å². The van der Waals surface area contributed by atoms with Crippen LogP contribution in [-0.4, -0.2) is 50.4 Å². The third-order valence-electron chi connectivity index (χ3n) is 6.68. The van der Waals surface area contributed by atoms with Crippen molar-refractivity contribution in [3.8, 4) is 22.8 Å². The second kappa shape index (κ2) is 10.6. The van der Waals surface area contributed by atoms with Crippen LogP contribution in [0.1, 0.15) is 33.6 Å². The SMILES string of the molecule is COc1cc(OCC2(NC(=O)OC(C)(C)C)CC2)c([N+](=O)[O-])cc1Nc1nccc(-c2cn(C)c3ccccc23)n1. The largest absolute Gasteiger partial charge is 0.494 e. The molecule has 2 aromatic carbocycles. The van der Waals surface area contributed by atoms with E-state index in [0.717, 1.165) is 16.5 Å². The molecule has 0 aliphatic heterocycles. The number of fused-ring (bicyclic) bond motifs is 1. The summed E-state index contributed by atoms with van der Waals surface area (Å²) in [5.74, 6) is 0.560. The summed E-state index contributed by atoms with van der Waals surface area (Å²) in [6.07, 6.45) is 4.40. The number of nitrogens with one attached hydrogen (secondary N) is 2. The van der Waals surface area contributed by atoms with Crippen LogP contribution in [0, 0.1) is 10.1 Å². The van der Waals surface area contributed by atoms with E-state index in [1.54, 1.807) is 27.0 Å². The van der Waals surface area contributed by atoms with Crippen molar-refractivity contribution in [1.29, 1.82) is 0 Å². The van der Waals surface area contributed by atoms with Crippen LogP contribution in [-0.2, 0) is 11.8 Å². The molecule has 1 aliphatic rings. The van der Waals surface area contributed by atoms with Gasteiger partial charge in [-0.05, 0) is 45.7 Å². The van der Waals surface area contributed by atoms with Crippen LogP contribution in [0.4, 0.5) is 22.1 Å². The lowest BCUT2D eigenvalue weighted by Gasteiger charge is -2.23. The molecule has 1 amide bonds. The third kappa shape index (κ3) is 6.16. The van der Waals surface area contributed by atoms with Gasteiger partial charge in [0.15, 0.2) is 0 Å². The van der Waals surface area contributed by atoms with Gasteiger partial charge in [-0.25, -0.2) is 14.8 Å². The summed E-state index contributed by atoms with van der Waals surface area (Å²) in [4.78, 5) is 32.7. The minimum atomic E-state index is -0.645. The van der Waals surface area contributed by atoms with E-state index in [1.165, 1.54) is 19.2 Å². The maximum Gasteiger partial charge on any atom is 0.408 e. The molecule has 41 heavy (non-hydrogen) atoms. The fourth-order valence-corrected chi connectivity index (χ4v) is 4.50. The minimum absolute atomic E-state index is 0.0140. The van der Waals surface area contributed by atoms with Crippen LogP contribution in [0.2, 0.25) is 0 Å². The van der Waals surface area contributed by atoms with Gasteiger partial charge in [-0.2, -0.15) is 0 Å². The van der Waals surface area contributed by atoms with E-state index >= 15 is 0 Å². The lowest BCUT2D eigenvalue weighted by atomic mass is 10.1. The molecule has 0 spiro atoms. The molecule has 214 valence electrons. The number of aromatic nitrogens is 3. The highest BCUT2D eigenvalue weighted by atomic mass is 16.6. The second-order valence-electron chi connectivity index (χ2n) is 11.0. The molecule has 0 unspecified atom stereocenters. The Bertz CT molecular complexity index is 1620. The molecule has 2 aromatic heterocycles. The highest BCUT2D eigenvalue weighted by Crippen LogP contribution is 2.42. The zero-order valence-corrected chi connectivity index (χ0v) is 23.6. The Morgan fingerprint density at radius 2 is 1.93 bits per heavy atom. The number of methoxy groups -OCH3 is 1. The predicted molar refractivity (Wildman–Crippen MR) is 154 cm³/mol. The van der Waals surface area contributed by atoms with Gasteiger partial charge < -0.3 is 29.4 Å². The number of alkyl carbamates (subject to hydrolysis) is 1. The van der Waals surface area contributed by atoms with Crippen LogP contribution < -0.4 is 20.1 Å². The Labute approximate surface area is 236 Å². The summed E-state index contributed by atoms with van der Waals surface area (Å²) in [6.45, 7) is 5.37. The van der Waals surface area contributed by atoms with Crippen LogP contribution in [0.15, 0.2) is 54.9 Å². The monoisotopic (exact) mass is 560 g/mol. The Balaban J connectivity index is 1.37. The molecule has 12 heteroatoms. The average molecular weight is 561 g/mol. The van der Waals surface area contributed by atoms with Gasteiger partial charge >= 0.3 is 11.8 Å². The minimum Gasteiger partial charge on any atom is -0.494 e. The molecule has 1 aliphatic carbocycles. The number of nitro groups is 1. The van der Waals surface area contributed by atoms with E-state index in [0.29, 0.717) is 30.0 Å². The summed E-state index contributed by atoms with van der Waals surface area (Å²) in [6, 6.07) is 12.6. The molecule has 0 saturated heterocycles. The van der Waals surface area contributed by atoms with Gasteiger partial charge in [0.1, 0.15) is 18.0 Å². The molecular weight excluding hydrogens is 528 g/mol. The number of para-hydroxylation sites is 1. The van der Waals surface area contributed by atoms with Gasteiger partial charge in [-0.3, -0.25) is 10.1 Å². The van der Waals surface area contributed by atoms with Gasteiger partial charge in [-0.15, -0.1) is 0 Å². The molecule has 0 bridgehead atoms. The molecule has 1 fully saturated rings. The van der Waals surface area contributed by atoms with Gasteiger partial charge in [0.05, 0.1) is 29.0 Å². The Kier molecular flexibility index (Phi) is 7.16. The molecule has 12 nitrogen and oxygen atoms in total. The number of carbonyl (C=O) groups excluding carboxylic acids is 1. The van der Waals surface area contributed by atoms with Crippen molar-refractivity contribution in [2.75, 3.05) is 19.0 Å². The van der Waals surface area contributed by atoms with Crippen molar-refractivity contribution in [1.82, 2.24) is 19.9 Å². The molecular formula is C29H32N6O6. The van der Waals surface area contributed by atoms with Crippen LogP contribution >= 0.6 is 0 Å². The number of benzene rings is 2. The van der Waals surface area contributed by atoms with Gasteiger partial charge in [0.25, 0.3) is 0 Å². The van der Waals surface area contributed by atoms with Crippen LogP contribution in [0.3, 0.4) is 0 Å². The number of rotatable bonds is 9. The normalized spacial score (nSPS) is 13.9. The number of anilines is 2. The first-order chi connectivity index (χ1) is 19.5. The molecule has 0 atom stereocenters. The van der Waals surface area contributed by atoms with Crippen molar-refractivity contribution < 1.29 is 23.9 Å².